The third kappa shape index (κ3) is 6.36. The van der Waals surface area contributed by atoms with Gasteiger partial charge in [-0.05, 0) is 42.9 Å². The summed E-state index contributed by atoms with van der Waals surface area (Å²) in [5.74, 6) is 2.30. The second kappa shape index (κ2) is 11.2. The largest absolute Gasteiger partial charge is 0.497 e. The van der Waals surface area contributed by atoms with E-state index in [1.807, 2.05) is 55.0 Å². The maximum absolute atomic E-state index is 5.77. The summed E-state index contributed by atoms with van der Waals surface area (Å²) in [6, 6.07) is 13.5. The fourth-order valence-electron chi connectivity index (χ4n) is 3.21. The number of benzene rings is 2. The highest BCUT2D eigenvalue weighted by atomic mass is 32.1. The average Bonchev–Trinajstić information content (AvgIpc) is 3.32. The number of nitrogens with one attached hydrogen (secondary N) is 1. The number of thiocarbonyl (C=S) groups is 1. The standard InChI is InChI=1S/C23H28N4O3S/c1-28-20-7-4-6-19(14-20)25-23(31)27(12-5-11-26-13-10-24-17-26)16-18-8-9-21(29-2)15-22(18)30-3/h4,6-10,13-15,17H,5,11-12,16H2,1-3H3,(H,25,31). The summed E-state index contributed by atoms with van der Waals surface area (Å²) in [6.07, 6.45) is 6.48. The third-order valence-corrected chi connectivity index (χ3v) is 5.23. The fraction of sp³-hybridized carbons (Fsp3) is 0.304. The van der Waals surface area contributed by atoms with Gasteiger partial charge in [-0.15, -0.1) is 0 Å². The molecular formula is C23H28N4O3S. The van der Waals surface area contributed by atoms with E-state index in [-0.39, 0.29) is 0 Å². The van der Waals surface area contributed by atoms with Crippen molar-refractivity contribution in [3.05, 3.63) is 66.7 Å². The maximum atomic E-state index is 5.77. The highest BCUT2D eigenvalue weighted by molar-refractivity contribution is 7.80. The molecular weight excluding hydrogens is 412 g/mol. The van der Waals surface area contributed by atoms with Crippen molar-refractivity contribution < 1.29 is 14.2 Å². The number of anilines is 1. The van der Waals surface area contributed by atoms with Crippen LogP contribution in [0.15, 0.2) is 61.2 Å². The molecule has 1 N–H and O–H groups in total. The Balaban J connectivity index is 1.75. The molecule has 1 aromatic heterocycles. The Kier molecular flexibility index (Phi) is 8.12. The topological polar surface area (TPSA) is 60.8 Å². The molecule has 8 heteroatoms. The third-order valence-electron chi connectivity index (χ3n) is 4.87. The molecule has 7 nitrogen and oxygen atoms in total. The van der Waals surface area contributed by atoms with E-state index in [0.29, 0.717) is 11.7 Å². The normalized spacial score (nSPS) is 10.4. The van der Waals surface area contributed by atoms with Gasteiger partial charge in [0, 0.05) is 55.4 Å². The Labute approximate surface area is 188 Å². The Morgan fingerprint density at radius 3 is 2.58 bits per heavy atom. The Morgan fingerprint density at radius 1 is 1.06 bits per heavy atom. The number of rotatable bonds is 10. The van der Waals surface area contributed by atoms with E-state index < -0.39 is 0 Å². The van der Waals surface area contributed by atoms with Gasteiger partial charge in [-0.2, -0.15) is 0 Å². The predicted molar refractivity (Wildman–Crippen MR) is 126 cm³/mol. The van der Waals surface area contributed by atoms with Gasteiger partial charge in [0.05, 0.1) is 27.7 Å². The summed E-state index contributed by atoms with van der Waals surface area (Å²) < 4.78 is 18.3. The van der Waals surface area contributed by atoms with Gasteiger partial charge in [0.15, 0.2) is 5.11 Å². The van der Waals surface area contributed by atoms with Gasteiger partial charge in [0.2, 0.25) is 0 Å². The van der Waals surface area contributed by atoms with Crippen molar-refractivity contribution in [1.29, 1.82) is 0 Å². The van der Waals surface area contributed by atoms with E-state index in [4.69, 9.17) is 26.4 Å². The SMILES string of the molecule is COc1cccc(NC(=S)N(CCCn2ccnc2)Cc2ccc(OC)cc2OC)c1. The summed E-state index contributed by atoms with van der Waals surface area (Å²) in [7, 11) is 4.95. The lowest BCUT2D eigenvalue weighted by Crippen LogP contribution is -2.35. The number of aryl methyl sites for hydroxylation is 1. The molecule has 0 fully saturated rings. The summed E-state index contributed by atoms with van der Waals surface area (Å²) >= 11 is 5.77. The molecule has 0 atom stereocenters. The number of imidazole rings is 1. The van der Waals surface area contributed by atoms with Gasteiger partial charge in [-0.1, -0.05) is 6.07 Å². The van der Waals surface area contributed by atoms with Crippen LogP contribution in [-0.2, 0) is 13.1 Å². The number of aromatic nitrogens is 2. The van der Waals surface area contributed by atoms with Crippen molar-refractivity contribution in [2.75, 3.05) is 33.2 Å². The van der Waals surface area contributed by atoms with Crippen LogP contribution in [0, 0.1) is 0 Å². The summed E-state index contributed by atoms with van der Waals surface area (Å²) in [5.41, 5.74) is 1.91. The van der Waals surface area contributed by atoms with Gasteiger partial charge in [-0.25, -0.2) is 4.98 Å². The van der Waals surface area contributed by atoms with Crippen LogP contribution in [0.1, 0.15) is 12.0 Å². The van der Waals surface area contributed by atoms with Crippen molar-refractivity contribution in [3.63, 3.8) is 0 Å². The number of nitrogens with zero attached hydrogens (tertiary/aromatic N) is 3. The summed E-state index contributed by atoms with van der Waals surface area (Å²) in [4.78, 5) is 6.24. The van der Waals surface area contributed by atoms with Crippen molar-refractivity contribution in [1.82, 2.24) is 14.5 Å². The van der Waals surface area contributed by atoms with Crippen LogP contribution >= 0.6 is 12.2 Å². The zero-order chi connectivity index (χ0) is 22.1. The fourth-order valence-corrected chi connectivity index (χ4v) is 3.48. The van der Waals surface area contributed by atoms with Crippen LogP contribution in [0.3, 0.4) is 0 Å². The van der Waals surface area contributed by atoms with Gasteiger partial charge in [0.25, 0.3) is 0 Å². The van der Waals surface area contributed by atoms with Crippen LogP contribution in [0.2, 0.25) is 0 Å². The molecule has 0 aliphatic rings. The van der Waals surface area contributed by atoms with Crippen molar-refractivity contribution in [2.45, 2.75) is 19.5 Å². The lowest BCUT2D eigenvalue weighted by atomic mass is 10.1. The van der Waals surface area contributed by atoms with E-state index in [2.05, 4.69) is 19.8 Å². The molecule has 164 valence electrons. The molecule has 0 saturated carbocycles. The number of methoxy groups -OCH3 is 3. The minimum Gasteiger partial charge on any atom is -0.497 e. The predicted octanol–water partition coefficient (Wildman–Crippen LogP) is 4.20. The second-order valence-electron chi connectivity index (χ2n) is 6.92. The minimum absolute atomic E-state index is 0.604. The van der Waals surface area contributed by atoms with Gasteiger partial charge in [0.1, 0.15) is 17.2 Å². The van der Waals surface area contributed by atoms with E-state index in [1.165, 1.54) is 0 Å². The lowest BCUT2D eigenvalue weighted by Gasteiger charge is -2.27. The first-order valence-electron chi connectivity index (χ1n) is 9.99. The average molecular weight is 441 g/mol. The van der Waals surface area contributed by atoms with E-state index >= 15 is 0 Å². The van der Waals surface area contributed by atoms with E-state index in [0.717, 1.165) is 48.0 Å². The number of ether oxygens (including phenoxy) is 3. The van der Waals surface area contributed by atoms with Crippen LogP contribution < -0.4 is 19.5 Å². The Morgan fingerprint density at radius 2 is 1.87 bits per heavy atom. The first-order valence-corrected chi connectivity index (χ1v) is 10.4. The quantitative estimate of drug-likeness (QED) is 0.474. The van der Waals surface area contributed by atoms with E-state index in [1.54, 1.807) is 27.5 Å². The van der Waals surface area contributed by atoms with Crippen molar-refractivity contribution in [3.8, 4) is 17.2 Å². The van der Waals surface area contributed by atoms with Crippen molar-refractivity contribution in [2.24, 2.45) is 0 Å². The lowest BCUT2D eigenvalue weighted by molar-refractivity contribution is 0.366. The second-order valence-corrected chi connectivity index (χ2v) is 7.30. The molecule has 0 radical (unpaired) electrons. The molecule has 0 spiro atoms. The molecule has 0 aliphatic heterocycles. The minimum atomic E-state index is 0.604. The highest BCUT2D eigenvalue weighted by Crippen LogP contribution is 2.26. The smallest absolute Gasteiger partial charge is 0.173 e. The van der Waals surface area contributed by atoms with E-state index in [9.17, 15) is 0 Å². The molecule has 0 bridgehead atoms. The number of hydrogen-bond donors (Lipinski definition) is 1. The zero-order valence-electron chi connectivity index (χ0n) is 18.1. The highest BCUT2D eigenvalue weighted by Gasteiger charge is 2.15. The first kappa shape index (κ1) is 22.4. The molecule has 1 heterocycles. The molecule has 0 saturated heterocycles. The molecule has 0 aliphatic carbocycles. The monoisotopic (exact) mass is 440 g/mol. The van der Waals surface area contributed by atoms with Crippen LogP contribution in [-0.4, -0.2) is 47.4 Å². The molecule has 2 aromatic carbocycles. The maximum Gasteiger partial charge on any atom is 0.173 e. The zero-order valence-corrected chi connectivity index (χ0v) is 18.9. The molecule has 3 aromatic rings. The van der Waals surface area contributed by atoms with Gasteiger partial charge < -0.3 is 29.0 Å². The van der Waals surface area contributed by atoms with Crippen LogP contribution in [0.5, 0.6) is 17.2 Å². The summed E-state index contributed by atoms with van der Waals surface area (Å²) in [5, 5.41) is 3.97. The summed E-state index contributed by atoms with van der Waals surface area (Å²) in [6.45, 7) is 2.23. The van der Waals surface area contributed by atoms with Crippen LogP contribution in [0.4, 0.5) is 5.69 Å². The van der Waals surface area contributed by atoms with Gasteiger partial charge >= 0.3 is 0 Å². The molecule has 31 heavy (non-hydrogen) atoms. The van der Waals surface area contributed by atoms with Gasteiger partial charge in [-0.3, -0.25) is 0 Å². The molecule has 3 rings (SSSR count). The van der Waals surface area contributed by atoms with Crippen molar-refractivity contribution >= 4 is 23.0 Å². The first-order chi connectivity index (χ1) is 15.1. The Hall–Kier alpha value is -3.26. The number of hydrogen-bond acceptors (Lipinski definition) is 5. The van der Waals surface area contributed by atoms with Crippen LogP contribution in [0.25, 0.3) is 0 Å². The molecule has 0 amide bonds. The Bertz CT molecular complexity index is 979. The molecule has 0 unspecified atom stereocenters.